The van der Waals surface area contributed by atoms with Gasteiger partial charge in [0.1, 0.15) is 5.75 Å². The summed E-state index contributed by atoms with van der Waals surface area (Å²) >= 11 is 5.05. The maximum Gasteiger partial charge on any atom is 0.244 e. The van der Waals surface area contributed by atoms with Crippen molar-refractivity contribution in [1.82, 2.24) is 4.31 Å². The van der Waals surface area contributed by atoms with Crippen LogP contribution in [0.25, 0.3) is 0 Å². The highest BCUT2D eigenvalue weighted by Crippen LogP contribution is 2.41. The van der Waals surface area contributed by atoms with Crippen molar-refractivity contribution < 1.29 is 13.2 Å². The molecule has 0 saturated carbocycles. The average Bonchev–Trinajstić information content (AvgIpc) is 3.06. The van der Waals surface area contributed by atoms with Crippen molar-refractivity contribution in [3.8, 4) is 5.75 Å². The minimum Gasteiger partial charge on any atom is -0.497 e. The number of rotatable bonds is 4. The highest BCUT2D eigenvalue weighted by molar-refractivity contribution is 9.10. The van der Waals surface area contributed by atoms with Gasteiger partial charge in [0.25, 0.3) is 0 Å². The second-order valence-corrected chi connectivity index (χ2v) is 9.06. The van der Waals surface area contributed by atoms with Gasteiger partial charge in [-0.25, -0.2) is 8.42 Å². The van der Waals surface area contributed by atoms with Crippen molar-refractivity contribution in [3.05, 3.63) is 58.6 Å². The lowest BCUT2D eigenvalue weighted by Gasteiger charge is -2.23. The van der Waals surface area contributed by atoms with Crippen LogP contribution in [0.2, 0.25) is 0 Å². The number of sulfonamides is 1. The molecule has 0 spiro atoms. The highest BCUT2D eigenvalue weighted by Gasteiger charge is 2.36. The van der Waals surface area contributed by atoms with Crippen LogP contribution in [0.5, 0.6) is 5.75 Å². The van der Waals surface area contributed by atoms with Crippen LogP contribution in [0.15, 0.2) is 57.9 Å². The molecule has 0 amide bonds. The smallest absolute Gasteiger partial charge is 0.244 e. The molecule has 1 aliphatic rings. The molecule has 1 unspecified atom stereocenters. The van der Waals surface area contributed by atoms with Crippen LogP contribution >= 0.6 is 27.7 Å². The third-order valence-corrected chi connectivity index (χ3v) is 7.47. The van der Waals surface area contributed by atoms with Gasteiger partial charge in [-0.15, -0.1) is 11.8 Å². The van der Waals surface area contributed by atoms with Gasteiger partial charge >= 0.3 is 0 Å². The average molecular weight is 414 g/mol. The molecule has 0 aliphatic carbocycles. The Hall–Kier alpha value is -1.02. The van der Waals surface area contributed by atoms with Crippen molar-refractivity contribution >= 4 is 37.7 Å². The van der Waals surface area contributed by atoms with Gasteiger partial charge < -0.3 is 4.74 Å². The zero-order valence-electron chi connectivity index (χ0n) is 12.5. The lowest BCUT2D eigenvalue weighted by Crippen LogP contribution is -2.30. The summed E-state index contributed by atoms with van der Waals surface area (Å²) in [6.45, 7) is 0.514. The summed E-state index contributed by atoms with van der Waals surface area (Å²) in [6.07, 6.45) is 0. The number of benzene rings is 2. The topological polar surface area (TPSA) is 46.6 Å². The molecule has 3 rings (SSSR count). The normalized spacial score (nSPS) is 19.0. The molecule has 1 aliphatic heterocycles. The first-order valence-electron chi connectivity index (χ1n) is 7.05. The molecule has 0 radical (unpaired) electrons. The molecule has 1 atom stereocenters. The lowest BCUT2D eigenvalue weighted by molar-refractivity contribution is 0.414. The van der Waals surface area contributed by atoms with Crippen molar-refractivity contribution in [2.45, 2.75) is 10.3 Å². The summed E-state index contributed by atoms with van der Waals surface area (Å²) in [6, 6.07) is 14.3. The van der Waals surface area contributed by atoms with E-state index in [4.69, 9.17) is 4.74 Å². The molecule has 7 heteroatoms. The Bertz CT molecular complexity index is 776. The Morgan fingerprint density at radius 2 is 1.78 bits per heavy atom. The first-order chi connectivity index (χ1) is 11.0. The molecule has 2 aromatic carbocycles. The van der Waals surface area contributed by atoms with E-state index in [-0.39, 0.29) is 5.37 Å². The van der Waals surface area contributed by atoms with Crippen LogP contribution in [0, 0.1) is 0 Å². The number of hydrogen-bond acceptors (Lipinski definition) is 4. The van der Waals surface area contributed by atoms with Crippen molar-refractivity contribution in [2.75, 3.05) is 19.4 Å². The minimum atomic E-state index is -3.53. The summed E-state index contributed by atoms with van der Waals surface area (Å²) < 4.78 is 33.5. The van der Waals surface area contributed by atoms with Crippen LogP contribution in [-0.2, 0) is 10.0 Å². The summed E-state index contributed by atoms with van der Waals surface area (Å²) in [5.41, 5.74) is 0.993. The standard InChI is InChI=1S/C16H16BrNO3S2/c1-21-14-6-8-15(9-7-14)23(19,20)18-10-11-22-16(18)12-2-4-13(17)5-3-12/h2-9,16H,10-11H2,1H3. The quantitative estimate of drug-likeness (QED) is 0.762. The van der Waals surface area contributed by atoms with Crippen LogP contribution < -0.4 is 4.74 Å². The molecule has 0 aromatic heterocycles. The van der Waals surface area contributed by atoms with Crippen LogP contribution in [0.4, 0.5) is 0 Å². The van der Waals surface area contributed by atoms with Gasteiger partial charge in [-0.2, -0.15) is 4.31 Å². The number of thioether (sulfide) groups is 1. The van der Waals surface area contributed by atoms with E-state index < -0.39 is 10.0 Å². The second kappa shape index (κ2) is 6.84. The number of methoxy groups -OCH3 is 1. The van der Waals surface area contributed by atoms with Gasteiger partial charge in [-0.3, -0.25) is 0 Å². The Labute approximate surface area is 149 Å². The molecule has 23 heavy (non-hydrogen) atoms. The van der Waals surface area contributed by atoms with Gasteiger partial charge in [0.05, 0.1) is 17.4 Å². The van der Waals surface area contributed by atoms with E-state index in [1.54, 1.807) is 47.4 Å². The van der Waals surface area contributed by atoms with Crippen molar-refractivity contribution in [3.63, 3.8) is 0 Å². The number of ether oxygens (including phenoxy) is 1. The first-order valence-corrected chi connectivity index (χ1v) is 10.3. The monoisotopic (exact) mass is 413 g/mol. The van der Waals surface area contributed by atoms with Gasteiger partial charge in [0.15, 0.2) is 0 Å². The third-order valence-electron chi connectivity index (χ3n) is 3.67. The minimum absolute atomic E-state index is 0.185. The maximum absolute atomic E-state index is 12.9. The molecule has 1 saturated heterocycles. The van der Waals surface area contributed by atoms with E-state index in [0.717, 1.165) is 15.8 Å². The second-order valence-electron chi connectivity index (χ2n) is 5.07. The van der Waals surface area contributed by atoms with Gasteiger partial charge in [-0.05, 0) is 42.0 Å². The third kappa shape index (κ3) is 3.42. The van der Waals surface area contributed by atoms with E-state index in [0.29, 0.717) is 17.2 Å². The zero-order chi connectivity index (χ0) is 16.4. The summed E-state index contributed by atoms with van der Waals surface area (Å²) in [5.74, 6) is 1.43. The predicted molar refractivity (Wildman–Crippen MR) is 96.2 cm³/mol. The predicted octanol–water partition coefficient (Wildman–Crippen LogP) is 3.89. The molecule has 0 bridgehead atoms. The molecule has 1 fully saturated rings. The zero-order valence-corrected chi connectivity index (χ0v) is 15.7. The van der Waals surface area contributed by atoms with Crippen LogP contribution in [0.1, 0.15) is 10.9 Å². The summed E-state index contributed by atoms with van der Waals surface area (Å²) in [4.78, 5) is 0.294. The van der Waals surface area contributed by atoms with Crippen LogP contribution in [0.3, 0.4) is 0 Å². The molecule has 2 aromatic rings. The highest BCUT2D eigenvalue weighted by atomic mass is 79.9. The Kier molecular flexibility index (Phi) is 5.01. The number of nitrogens with zero attached hydrogens (tertiary/aromatic N) is 1. The van der Waals surface area contributed by atoms with Crippen LogP contribution in [-0.4, -0.2) is 32.1 Å². The molecular formula is C16H16BrNO3S2. The van der Waals surface area contributed by atoms with Gasteiger partial charge in [-0.1, -0.05) is 28.1 Å². The van der Waals surface area contributed by atoms with E-state index in [1.807, 2.05) is 24.3 Å². The van der Waals surface area contributed by atoms with Crippen molar-refractivity contribution in [1.29, 1.82) is 0 Å². The maximum atomic E-state index is 12.9. The fourth-order valence-corrected chi connectivity index (χ4v) is 5.98. The number of hydrogen-bond donors (Lipinski definition) is 0. The largest absolute Gasteiger partial charge is 0.497 e. The molecular weight excluding hydrogens is 398 g/mol. The van der Waals surface area contributed by atoms with E-state index in [2.05, 4.69) is 15.9 Å². The SMILES string of the molecule is COc1ccc(S(=O)(=O)N2CCSC2c2ccc(Br)cc2)cc1. The summed E-state index contributed by atoms with van der Waals surface area (Å²) in [5, 5.41) is -0.185. The molecule has 122 valence electrons. The van der Waals surface area contributed by atoms with Gasteiger partial charge in [0, 0.05) is 16.8 Å². The number of halogens is 1. The van der Waals surface area contributed by atoms with Crippen molar-refractivity contribution in [2.24, 2.45) is 0 Å². The lowest BCUT2D eigenvalue weighted by atomic mass is 10.2. The van der Waals surface area contributed by atoms with Gasteiger partial charge in [0.2, 0.25) is 10.0 Å². The molecule has 0 N–H and O–H groups in total. The molecule has 4 nitrogen and oxygen atoms in total. The fourth-order valence-electron chi connectivity index (χ4n) is 2.47. The van der Waals surface area contributed by atoms with E-state index in [1.165, 1.54) is 0 Å². The van der Waals surface area contributed by atoms with E-state index in [9.17, 15) is 8.42 Å². The van der Waals surface area contributed by atoms with E-state index >= 15 is 0 Å². The summed E-state index contributed by atoms with van der Waals surface area (Å²) in [7, 11) is -1.97. The molecule has 1 heterocycles. The Balaban J connectivity index is 1.92. The fraction of sp³-hybridized carbons (Fsp3) is 0.250. The Morgan fingerprint density at radius 3 is 2.39 bits per heavy atom. The Morgan fingerprint density at radius 1 is 1.13 bits per heavy atom. The first kappa shape index (κ1) is 16.8.